The maximum absolute atomic E-state index is 5.35. The van der Waals surface area contributed by atoms with Crippen molar-refractivity contribution in [2.24, 2.45) is 5.41 Å². The summed E-state index contributed by atoms with van der Waals surface area (Å²) in [5, 5.41) is 2.74. The van der Waals surface area contributed by atoms with Crippen molar-refractivity contribution in [2.75, 3.05) is 0 Å². The summed E-state index contributed by atoms with van der Waals surface area (Å²) in [6.07, 6.45) is 4.87. The van der Waals surface area contributed by atoms with Crippen LogP contribution in [0.25, 0.3) is 33.2 Å². The maximum Gasteiger partial charge on any atom is 0.0787 e. The highest BCUT2D eigenvalue weighted by atomic mass is 14.7. The zero-order valence-corrected chi connectivity index (χ0v) is 21.2. The maximum atomic E-state index is 5.35. The number of nitrogens with zero attached hydrogens (tertiary/aromatic N) is 1. The molecule has 0 aliphatic heterocycles. The molecule has 6 rings (SSSR count). The molecule has 4 aromatic rings. The molecular weight excluding hydrogens is 410 g/mol. The highest BCUT2D eigenvalue weighted by Gasteiger charge is 2.33. The lowest BCUT2D eigenvalue weighted by Gasteiger charge is -2.21. The number of benzene rings is 3. The van der Waals surface area contributed by atoms with E-state index in [2.05, 4.69) is 95.3 Å². The number of hydrogen-bond donors (Lipinski definition) is 0. The molecule has 1 unspecified atom stereocenters. The number of pyridine rings is 1. The van der Waals surface area contributed by atoms with Gasteiger partial charge in [0.1, 0.15) is 0 Å². The lowest BCUT2D eigenvalue weighted by Crippen LogP contribution is -2.05. The van der Waals surface area contributed by atoms with Crippen LogP contribution >= 0.6 is 0 Å². The van der Waals surface area contributed by atoms with Gasteiger partial charge < -0.3 is 0 Å². The van der Waals surface area contributed by atoms with Crippen molar-refractivity contribution in [3.05, 3.63) is 88.6 Å². The molecule has 1 heterocycles. The first kappa shape index (κ1) is 21.6. The molecule has 1 nitrogen and oxygen atoms in total. The van der Waals surface area contributed by atoms with Crippen LogP contribution in [0.4, 0.5) is 0 Å². The normalized spacial score (nSPS) is 18.5. The molecule has 2 aliphatic rings. The molecule has 0 amide bonds. The van der Waals surface area contributed by atoms with E-state index in [4.69, 9.17) is 4.98 Å². The van der Waals surface area contributed by atoms with E-state index < -0.39 is 0 Å². The Labute approximate surface area is 204 Å². The highest BCUT2D eigenvalue weighted by molar-refractivity contribution is 5.99. The number of fused-ring (bicyclic) bond motifs is 4. The van der Waals surface area contributed by atoms with E-state index in [1.165, 1.54) is 80.4 Å². The first-order chi connectivity index (χ1) is 16.3. The minimum Gasteiger partial charge on any atom is -0.252 e. The van der Waals surface area contributed by atoms with Gasteiger partial charge in [0.05, 0.1) is 5.69 Å². The third kappa shape index (κ3) is 3.49. The van der Waals surface area contributed by atoms with E-state index in [0.29, 0.717) is 17.3 Å². The van der Waals surface area contributed by atoms with E-state index >= 15 is 0 Å². The predicted molar refractivity (Wildman–Crippen MR) is 145 cm³/mol. The molecule has 0 bridgehead atoms. The molecule has 1 atom stereocenters. The SMILES string of the molecule is Cc1cc2c(c(-c3nc(C(C)C)cc4c(C5CCC(C)(C)C5)cccc34)c1)Cc1ccccc1-2. The second-order valence-electron chi connectivity index (χ2n) is 11.8. The van der Waals surface area contributed by atoms with E-state index in [0.717, 1.165) is 6.42 Å². The molecule has 3 aromatic carbocycles. The summed E-state index contributed by atoms with van der Waals surface area (Å²) in [5.41, 5.74) is 12.6. The van der Waals surface area contributed by atoms with Crippen LogP contribution < -0.4 is 0 Å². The monoisotopic (exact) mass is 445 g/mol. The third-order valence-corrected chi connectivity index (χ3v) is 8.25. The van der Waals surface area contributed by atoms with Crippen LogP contribution in [0.15, 0.2) is 60.7 Å². The molecule has 1 fully saturated rings. The lowest BCUT2D eigenvalue weighted by molar-refractivity contribution is 0.376. The summed E-state index contributed by atoms with van der Waals surface area (Å²) in [7, 11) is 0. The summed E-state index contributed by atoms with van der Waals surface area (Å²) >= 11 is 0. The standard InChI is InChI=1S/C33H35N/c1-20(2)31-18-29-25(23-13-14-33(4,5)19-23)11-8-12-26(29)32(34-31)30-16-21(3)15-27-24-10-7-6-9-22(24)17-28(27)30/h6-12,15-16,18,20,23H,13-14,17,19H2,1-5H3. The Kier molecular flexibility index (Phi) is 4.96. The molecule has 0 spiro atoms. The minimum absolute atomic E-state index is 0.395. The Balaban J connectivity index is 1.61. The van der Waals surface area contributed by atoms with Crippen LogP contribution in [0.5, 0.6) is 0 Å². The molecule has 0 saturated heterocycles. The van der Waals surface area contributed by atoms with E-state index in [-0.39, 0.29) is 0 Å². The Morgan fingerprint density at radius 2 is 1.68 bits per heavy atom. The van der Waals surface area contributed by atoms with Crippen molar-refractivity contribution < 1.29 is 0 Å². The topological polar surface area (TPSA) is 12.9 Å². The molecule has 1 aromatic heterocycles. The zero-order chi connectivity index (χ0) is 23.6. The fraction of sp³-hybridized carbons (Fsp3) is 0.364. The summed E-state index contributed by atoms with van der Waals surface area (Å²) < 4.78 is 0. The van der Waals surface area contributed by atoms with Gasteiger partial charge >= 0.3 is 0 Å². The van der Waals surface area contributed by atoms with Crippen molar-refractivity contribution in [1.82, 2.24) is 4.98 Å². The van der Waals surface area contributed by atoms with Crippen LogP contribution in [0.1, 0.15) is 86.7 Å². The average molecular weight is 446 g/mol. The fourth-order valence-electron chi connectivity index (χ4n) is 6.46. The molecular formula is C33H35N. The van der Waals surface area contributed by atoms with Gasteiger partial charge in [-0.1, -0.05) is 76.2 Å². The van der Waals surface area contributed by atoms with Crippen molar-refractivity contribution in [1.29, 1.82) is 0 Å². The first-order valence-electron chi connectivity index (χ1n) is 13.0. The molecule has 1 heteroatoms. The fourth-order valence-corrected chi connectivity index (χ4v) is 6.46. The largest absolute Gasteiger partial charge is 0.252 e. The van der Waals surface area contributed by atoms with Gasteiger partial charge in [0, 0.05) is 16.6 Å². The van der Waals surface area contributed by atoms with E-state index in [1.807, 2.05) is 0 Å². The Bertz CT molecular complexity index is 1420. The minimum atomic E-state index is 0.395. The van der Waals surface area contributed by atoms with Crippen LogP contribution in [0.2, 0.25) is 0 Å². The van der Waals surface area contributed by atoms with Gasteiger partial charge in [0.15, 0.2) is 0 Å². The van der Waals surface area contributed by atoms with Crippen molar-refractivity contribution in [3.63, 3.8) is 0 Å². The van der Waals surface area contributed by atoms with Crippen LogP contribution in [0, 0.1) is 12.3 Å². The molecule has 172 valence electrons. The average Bonchev–Trinajstić information content (AvgIpc) is 3.37. The highest BCUT2D eigenvalue weighted by Crippen LogP contribution is 2.49. The van der Waals surface area contributed by atoms with Gasteiger partial charge in [-0.15, -0.1) is 0 Å². The summed E-state index contributed by atoms with van der Waals surface area (Å²) in [6.45, 7) is 11.6. The molecule has 0 radical (unpaired) electrons. The van der Waals surface area contributed by atoms with Gasteiger partial charge in [-0.3, -0.25) is 4.98 Å². The summed E-state index contributed by atoms with van der Waals surface area (Å²) in [4.78, 5) is 5.35. The van der Waals surface area contributed by atoms with Gasteiger partial charge in [-0.25, -0.2) is 0 Å². The van der Waals surface area contributed by atoms with Gasteiger partial charge in [-0.2, -0.15) is 0 Å². The van der Waals surface area contributed by atoms with Crippen LogP contribution in [-0.4, -0.2) is 4.98 Å². The third-order valence-electron chi connectivity index (χ3n) is 8.25. The predicted octanol–water partition coefficient (Wildman–Crippen LogP) is 9.20. The molecule has 1 saturated carbocycles. The lowest BCUT2D eigenvalue weighted by atomic mass is 9.85. The van der Waals surface area contributed by atoms with E-state index in [1.54, 1.807) is 0 Å². The van der Waals surface area contributed by atoms with Crippen LogP contribution in [-0.2, 0) is 6.42 Å². The molecule has 2 aliphatic carbocycles. The molecule has 0 N–H and O–H groups in total. The van der Waals surface area contributed by atoms with E-state index in [9.17, 15) is 0 Å². The Morgan fingerprint density at radius 3 is 2.44 bits per heavy atom. The second-order valence-corrected chi connectivity index (χ2v) is 11.8. The molecule has 34 heavy (non-hydrogen) atoms. The van der Waals surface area contributed by atoms with Crippen molar-refractivity contribution in [3.8, 4) is 22.4 Å². The smallest absolute Gasteiger partial charge is 0.0787 e. The van der Waals surface area contributed by atoms with Crippen LogP contribution in [0.3, 0.4) is 0 Å². The van der Waals surface area contributed by atoms with Gasteiger partial charge in [-0.05, 0) is 101 Å². The number of aryl methyl sites for hydroxylation is 1. The van der Waals surface area contributed by atoms with Gasteiger partial charge in [0.25, 0.3) is 0 Å². The van der Waals surface area contributed by atoms with Gasteiger partial charge in [0.2, 0.25) is 0 Å². The van der Waals surface area contributed by atoms with Crippen molar-refractivity contribution >= 4 is 10.8 Å². The zero-order valence-electron chi connectivity index (χ0n) is 21.2. The van der Waals surface area contributed by atoms with Crippen molar-refractivity contribution in [2.45, 2.75) is 72.1 Å². The quantitative estimate of drug-likeness (QED) is 0.270. The Morgan fingerprint density at radius 1 is 0.882 bits per heavy atom. The second kappa shape index (κ2) is 7.80. The number of aromatic nitrogens is 1. The summed E-state index contributed by atoms with van der Waals surface area (Å²) in [6, 6.07) is 23.0. The number of hydrogen-bond acceptors (Lipinski definition) is 1. The Hall–Kier alpha value is -2.93. The summed E-state index contributed by atoms with van der Waals surface area (Å²) in [5.74, 6) is 1.03. The first-order valence-corrected chi connectivity index (χ1v) is 13.0. The number of rotatable bonds is 3.